The van der Waals surface area contributed by atoms with Gasteiger partial charge in [0.15, 0.2) is 0 Å². The van der Waals surface area contributed by atoms with Crippen LogP contribution in [0.3, 0.4) is 0 Å². The fourth-order valence-electron chi connectivity index (χ4n) is 1.51. The van der Waals surface area contributed by atoms with Crippen LogP contribution < -0.4 is 0 Å². The number of hydrogen-bond acceptors (Lipinski definition) is 1. The summed E-state index contributed by atoms with van der Waals surface area (Å²) in [5, 5.41) is 0. The van der Waals surface area contributed by atoms with Crippen molar-refractivity contribution in [2.45, 2.75) is 20.3 Å². The molecule has 1 nitrogen and oxygen atoms in total. The van der Waals surface area contributed by atoms with Crippen LogP contribution >= 0.6 is 0 Å². The average molecular weight is 150 g/mol. The molecule has 0 spiro atoms. The summed E-state index contributed by atoms with van der Waals surface area (Å²) in [6, 6.07) is 0. The van der Waals surface area contributed by atoms with Gasteiger partial charge in [-0.05, 0) is 23.8 Å². The van der Waals surface area contributed by atoms with Crippen LogP contribution in [0.2, 0.25) is 0 Å². The number of hydrogen-bond donors (Lipinski definition) is 0. The van der Waals surface area contributed by atoms with Crippen LogP contribution in [0.15, 0.2) is 23.8 Å². The lowest BCUT2D eigenvalue weighted by Gasteiger charge is -2.21. The SMILES string of the molecule is CC[C@@H]1C=CC=C(C=O)[C@H]1C. The molecule has 11 heavy (non-hydrogen) atoms. The van der Waals surface area contributed by atoms with Crippen LogP contribution in [0.25, 0.3) is 0 Å². The minimum Gasteiger partial charge on any atom is -0.298 e. The van der Waals surface area contributed by atoms with Crippen LogP contribution in [-0.4, -0.2) is 6.29 Å². The molecule has 1 rings (SSSR count). The van der Waals surface area contributed by atoms with Crippen molar-refractivity contribution in [1.82, 2.24) is 0 Å². The van der Waals surface area contributed by atoms with E-state index in [-0.39, 0.29) is 0 Å². The van der Waals surface area contributed by atoms with E-state index in [9.17, 15) is 4.79 Å². The molecule has 0 radical (unpaired) electrons. The van der Waals surface area contributed by atoms with Crippen molar-refractivity contribution in [1.29, 1.82) is 0 Å². The molecule has 0 heterocycles. The van der Waals surface area contributed by atoms with Gasteiger partial charge in [0.05, 0.1) is 0 Å². The summed E-state index contributed by atoms with van der Waals surface area (Å²) in [7, 11) is 0. The minimum atomic E-state index is 0.405. The second-order valence-corrected chi connectivity index (χ2v) is 3.03. The minimum absolute atomic E-state index is 0.405. The molecule has 0 fully saturated rings. The summed E-state index contributed by atoms with van der Waals surface area (Å²) in [6.45, 7) is 4.26. The molecule has 0 bridgehead atoms. The van der Waals surface area contributed by atoms with Crippen LogP contribution in [0.1, 0.15) is 20.3 Å². The predicted molar refractivity (Wildman–Crippen MR) is 46.2 cm³/mol. The van der Waals surface area contributed by atoms with E-state index in [1.165, 1.54) is 0 Å². The highest BCUT2D eigenvalue weighted by molar-refractivity contribution is 5.75. The molecule has 60 valence electrons. The first-order chi connectivity index (χ1) is 5.29. The van der Waals surface area contributed by atoms with E-state index in [0.717, 1.165) is 18.3 Å². The molecule has 1 aliphatic carbocycles. The van der Waals surface area contributed by atoms with Gasteiger partial charge in [-0.1, -0.05) is 32.1 Å². The normalized spacial score (nSPS) is 29.8. The van der Waals surface area contributed by atoms with Crippen molar-refractivity contribution in [2.24, 2.45) is 11.8 Å². The van der Waals surface area contributed by atoms with Crippen molar-refractivity contribution < 1.29 is 4.79 Å². The second kappa shape index (κ2) is 3.51. The van der Waals surface area contributed by atoms with E-state index in [1.807, 2.05) is 12.2 Å². The van der Waals surface area contributed by atoms with Crippen molar-refractivity contribution in [3.63, 3.8) is 0 Å². The molecule has 2 atom stereocenters. The van der Waals surface area contributed by atoms with Gasteiger partial charge in [0, 0.05) is 0 Å². The zero-order valence-corrected chi connectivity index (χ0v) is 7.08. The van der Waals surface area contributed by atoms with Gasteiger partial charge >= 0.3 is 0 Å². The molecule has 0 aromatic rings. The number of aldehydes is 1. The van der Waals surface area contributed by atoms with Gasteiger partial charge in [-0.3, -0.25) is 4.79 Å². The van der Waals surface area contributed by atoms with E-state index in [2.05, 4.69) is 19.9 Å². The Morgan fingerprint density at radius 2 is 2.36 bits per heavy atom. The monoisotopic (exact) mass is 150 g/mol. The van der Waals surface area contributed by atoms with Gasteiger partial charge in [0.1, 0.15) is 6.29 Å². The molecule has 1 heteroatoms. The smallest absolute Gasteiger partial charge is 0.146 e. The van der Waals surface area contributed by atoms with E-state index in [0.29, 0.717) is 11.8 Å². The third kappa shape index (κ3) is 1.59. The molecule has 0 amide bonds. The van der Waals surface area contributed by atoms with E-state index >= 15 is 0 Å². The maximum Gasteiger partial charge on any atom is 0.146 e. The predicted octanol–water partition coefficient (Wildman–Crippen LogP) is 2.34. The molecule has 0 saturated heterocycles. The Morgan fingerprint density at radius 1 is 1.64 bits per heavy atom. The summed E-state index contributed by atoms with van der Waals surface area (Å²) < 4.78 is 0. The van der Waals surface area contributed by atoms with Crippen molar-refractivity contribution in [3.05, 3.63) is 23.8 Å². The maximum atomic E-state index is 10.5. The molecular formula is C10H14O. The van der Waals surface area contributed by atoms with Crippen LogP contribution in [0.4, 0.5) is 0 Å². The molecule has 0 aromatic heterocycles. The molecule has 1 aliphatic rings. The van der Waals surface area contributed by atoms with Crippen LogP contribution in [0, 0.1) is 11.8 Å². The summed E-state index contributed by atoms with van der Waals surface area (Å²) in [5.74, 6) is 0.961. The quantitative estimate of drug-likeness (QED) is 0.552. The Bertz CT molecular complexity index is 201. The van der Waals surface area contributed by atoms with Gasteiger partial charge in [-0.15, -0.1) is 0 Å². The maximum absolute atomic E-state index is 10.5. The lowest BCUT2D eigenvalue weighted by Crippen LogP contribution is -2.14. The van der Waals surface area contributed by atoms with Crippen molar-refractivity contribution in [3.8, 4) is 0 Å². The molecular weight excluding hydrogens is 136 g/mol. The zero-order chi connectivity index (χ0) is 8.27. The topological polar surface area (TPSA) is 17.1 Å². The highest BCUT2D eigenvalue weighted by Gasteiger charge is 2.18. The summed E-state index contributed by atoms with van der Waals surface area (Å²) in [5.41, 5.74) is 0.930. The Hall–Kier alpha value is -0.850. The van der Waals surface area contributed by atoms with Gasteiger partial charge in [-0.2, -0.15) is 0 Å². The largest absolute Gasteiger partial charge is 0.298 e. The first-order valence-corrected chi connectivity index (χ1v) is 4.13. The average Bonchev–Trinajstić information content (AvgIpc) is 2.05. The van der Waals surface area contributed by atoms with E-state index < -0.39 is 0 Å². The lowest BCUT2D eigenvalue weighted by atomic mass is 9.83. The highest BCUT2D eigenvalue weighted by Crippen LogP contribution is 2.26. The number of carbonyl (C=O) groups is 1. The van der Waals surface area contributed by atoms with Gasteiger partial charge in [0.2, 0.25) is 0 Å². The Balaban J connectivity index is 2.76. The summed E-state index contributed by atoms with van der Waals surface area (Å²) >= 11 is 0. The van der Waals surface area contributed by atoms with Crippen molar-refractivity contribution >= 4 is 6.29 Å². The summed E-state index contributed by atoms with van der Waals surface area (Å²) in [4.78, 5) is 10.5. The van der Waals surface area contributed by atoms with E-state index in [4.69, 9.17) is 0 Å². The fourth-order valence-corrected chi connectivity index (χ4v) is 1.51. The van der Waals surface area contributed by atoms with Gasteiger partial charge in [0.25, 0.3) is 0 Å². The van der Waals surface area contributed by atoms with Gasteiger partial charge < -0.3 is 0 Å². The van der Waals surface area contributed by atoms with Crippen LogP contribution in [-0.2, 0) is 4.79 Å². The molecule has 0 aliphatic heterocycles. The van der Waals surface area contributed by atoms with Crippen LogP contribution in [0.5, 0.6) is 0 Å². The Kier molecular flexibility index (Phi) is 2.64. The van der Waals surface area contributed by atoms with Gasteiger partial charge in [-0.25, -0.2) is 0 Å². The number of carbonyl (C=O) groups excluding carboxylic acids is 1. The Morgan fingerprint density at radius 3 is 2.91 bits per heavy atom. The first kappa shape index (κ1) is 8.25. The standard InChI is InChI=1S/C10H14O/c1-3-9-5-4-6-10(7-11)8(9)2/h4-9H,3H2,1-2H3/t8-,9+/m0/s1. The molecule has 0 saturated carbocycles. The fraction of sp³-hybridized carbons (Fsp3) is 0.500. The Labute approximate surface area is 67.8 Å². The number of allylic oxidation sites excluding steroid dienone is 4. The molecule has 0 N–H and O–H groups in total. The molecule has 0 aromatic carbocycles. The third-order valence-electron chi connectivity index (χ3n) is 2.42. The third-order valence-corrected chi connectivity index (χ3v) is 2.42. The highest BCUT2D eigenvalue weighted by atomic mass is 16.1. The zero-order valence-electron chi connectivity index (χ0n) is 7.08. The number of rotatable bonds is 2. The lowest BCUT2D eigenvalue weighted by molar-refractivity contribution is -0.105. The molecule has 0 unspecified atom stereocenters. The second-order valence-electron chi connectivity index (χ2n) is 3.03. The summed E-state index contributed by atoms with van der Waals surface area (Å²) in [6.07, 6.45) is 8.15. The first-order valence-electron chi connectivity index (χ1n) is 4.13. The van der Waals surface area contributed by atoms with E-state index in [1.54, 1.807) is 0 Å². The van der Waals surface area contributed by atoms with Crippen molar-refractivity contribution in [2.75, 3.05) is 0 Å².